The highest BCUT2D eigenvalue weighted by atomic mass is 32.2. The van der Waals surface area contributed by atoms with Gasteiger partial charge in [-0.2, -0.15) is 0 Å². The molecule has 0 radical (unpaired) electrons. The Morgan fingerprint density at radius 3 is 2.56 bits per heavy atom. The molecular weight excluding hydrogens is 352 g/mol. The maximum absolute atomic E-state index is 12.7. The minimum Gasteiger partial charge on any atom is -0.402 e. The van der Waals surface area contributed by atoms with Gasteiger partial charge in [-0.15, -0.1) is 23.1 Å². The van der Waals surface area contributed by atoms with Crippen LogP contribution in [-0.4, -0.2) is 29.1 Å². The largest absolute Gasteiger partial charge is 0.402 e. The number of nitrogen functional groups attached to an aromatic ring is 2. The highest BCUT2D eigenvalue weighted by molar-refractivity contribution is 8.03. The zero-order chi connectivity index (χ0) is 18.7. The van der Waals surface area contributed by atoms with Gasteiger partial charge in [0.15, 0.2) is 0 Å². The second kappa shape index (κ2) is 7.84. The average molecular weight is 377 g/mol. The van der Waals surface area contributed by atoms with E-state index in [-0.39, 0.29) is 5.91 Å². The van der Waals surface area contributed by atoms with Gasteiger partial charge in [-0.25, -0.2) is 0 Å². The highest BCUT2D eigenvalue weighted by Gasteiger charge is 2.34. The van der Waals surface area contributed by atoms with Crippen LogP contribution in [0, 0.1) is 0 Å². The fourth-order valence-electron chi connectivity index (χ4n) is 2.46. The standard InChI is InChI=1S/C18H24N4OS2/c1-5-6-7-10(2)24-13-8-22(9-13)18(23)16-15(20)14(17(21)25-16)11(3)12(4)19/h5-7,13H,1-2,8-9,19-21H2,3-4H3/b7-6-,12-11-. The molecule has 0 saturated carbocycles. The van der Waals surface area contributed by atoms with Crippen molar-refractivity contribution < 1.29 is 4.79 Å². The summed E-state index contributed by atoms with van der Waals surface area (Å²) < 4.78 is 0. The quantitative estimate of drug-likeness (QED) is 0.661. The van der Waals surface area contributed by atoms with Crippen LogP contribution in [0.2, 0.25) is 0 Å². The Balaban J connectivity index is 2.06. The van der Waals surface area contributed by atoms with Crippen molar-refractivity contribution >= 4 is 45.3 Å². The molecule has 0 spiro atoms. The number of rotatable bonds is 6. The van der Waals surface area contributed by atoms with Gasteiger partial charge in [-0.05, 0) is 25.5 Å². The minimum absolute atomic E-state index is 0.0768. The van der Waals surface area contributed by atoms with Gasteiger partial charge in [-0.1, -0.05) is 25.3 Å². The van der Waals surface area contributed by atoms with Crippen LogP contribution >= 0.6 is 23.1 Å². The molecule has 134 valence electrons. The van der Waals surface area contributed by atoms with Crippen LogP contribution in [0.1, 0.15) is 29.1 Å². The molecule has 2 rings (SSSR count). The Hall–Kier alpha value is -2.12. The van der Waals surface area contributed by atoms with Crippen molar-refractivity contribution in [2.24, 2.45) is 5.73 Å². The molecule has 1 saturated heterocycles. The van der Waals surface area contributed by atoms with Crippen molar-refractivity contribution in [2.45, 2.75) is 19.1 Å². The van der Waals surface area contributed by atoms with Gasteiger partial charge in [0.25, 0.3) is 5.91 Å². The number of amides is 1. The normalized spacial score (nSPS) is 15.8. The van der Waals surface area contributed by atoms with E-state index in [1.165, 1.54) is 11.3 Å². The van der Waals surface area contributed by atoms with Crippen molar-refractivity contribution in [3.05, 3.63) is 52.4 Å². The van der Waals surface area contributed by atoms with Gasteiger partial charge in [0.2, 0.25) is 0 Å². The molecule has 25 heavy (non-hydrogen) atoms. The molecule has 5 nitrogen and oxygen atoms in total. The third-order valence-electron chi connectivity index (χ3n) is 4.00. The van der Waals surface area contributed by atoms with Crippen LogP contribution in [-0.2, 0) is 0 Å². The number of nitrogens with zero attached hydrogens (tertiary/aromatic N) is 1. The van der Waals surface area contributed by atoms with Crippen LogP contribution in [0.4, 0.5) is 10.7 Å². The molecule has 6 N–H and O–H groups in total. The lowest BCUT2D eigenvalue weighted by atomic mass is 10.1. The van der Waals surface area contributed by atoms with Crippen LogP contribution in [0.15, 0.2) is 42.0 Å². The molecule has 0 atom stereocenters. The van der Waals surface area contributed by atoms with Crippen LogP contribution in [0.25, 0.3) is 5.57 Å². The number of hydrogen-bond donors (Lipinski definition) is 3. The molecular formula is C18H24N4OS2. The summed E-state index contributed by atoms with van der Waals surface area (Å²) in [7, 11) is 0. The lowest BCUT2D eigenvalue weighted by Crippen LogP contribution is -2.51. The highest BCUT2D eigenvalue weighted by Crippen LogP contribution is 2.40. The molecule has 0 unspecified atom stereocenters. The fourth-order valence-corrected chi connectivity index (χ4v) is 4.56. The molecule has 1 aromatic rings. The van der Waals surface area contributed by atoms with Crippen molar-refractivity contribution in [2.75, 3.05) is 24.6 Å². The van der Waals surface area contributed by atoms with Crippen LogP contribution < -0.4 is 17.2 Å². The number of carbonyl (C=O) groups is 1. The maximum atomic E-state index is 12.7. The molecule has 1 amide bonds. The monoisotopic (exact) mass is 376 g/mol. The predicted octanol–water partition coefficient (Wildman–Crippen LogP) is 3.44. The van der Waals surface area contributed by atoms with E-state index in [0.29, 0.717) is 45.2 Å². The van der Waals surface area contributed by atoms with E-state index in [4.69, 9.17) is 17.2 Å². The summed E-state index contributed by atoms with van der Waals surface area (Å²) >= 11 is 2.89. The summed E-state index contributed by atoms with van der Waals surface area (Å²) in [6.07, 6.45) is 5.48. The van der Waals surface area contributed by atoms with E-state index < -0.39 is 0 Å². The smallest absolute Gasteiger partial charge is 0.266 e. The average Bonchev–Trinajstić information content (AvgIpc) is 2.81. The van der Waals surface area contributed by atoms with Crippen molar-refractivity contribution in [1.29, 1.82) is 0 Å². The lowest BCUT2D eigenvalue weighted by Gasteiger charge is -2.38. The van der Waals surface area contributed by atoms with Crippen LogP contribution in [0.3, 0.4) is 0 Å². The Morgan fingerprint density at radius 1 is 1.36 bits per heavy atom. The molecule has 0 bridgehead atoms. The SMILES string of the molecule is C=C/C=C\C(=C)SC1CN(C(=O)c2sc(N)c(/C(C)=C(/C)N)c2N)C1. The molecule has 1 aliphatic rings. The first-order valence-corrected chi connectivity index (χ1v) is 9.50. The Bertz CT molecular complexity index is 766. The lowest BCUT2D eigenvalue weighted by molar-refractivity contribution is 0.0670. The molecule has 7 heteroatoms. The van der Waals surface area contributed by atoms with Crippen molar-refractivity contribution in [3.8, 4) is 0 Å². The van der Waals surface area contributed by atoms with E-state index in [9.17, 15) is 4.79 Å². The zero-order valence-electron chi connectivity index (χ0n) is 14.5. The first-order chi connectivity index (χ1) is 11.8. The summed E-state index contributed by atoms with van der Waals surface area (Å²) in [5.74, 6) is -0.0768. The molecule has 0 aliphatic carbocycles. The van der Waals surface area contributed by atoms with Gasteiger partial charge in [-0.3, -0.25) is 4.79 Å². The third-order valence-corrected chi connectivity index (χ3v) is 6.10. The van der Waals surface area contributed by atoms with Crippen molar-refractivity contribution in [3.63, 3.8) is 0 Å². The van der Waals surface area contributed by atoms with Gasteiger partial charge in [0, 0.05) is 34.5 Å². The second-order valence-corrected chi connectivity index (χ2v) is 8.38. The molecule has 1 aliphatic heterocycles. The molecule has 1 fully saturated rings. The van der Waals surface area contributed by atoms with E-state index in [1.54, 1.807) is 29.7 Å². The Labute approximate surface area is 156 Å². The molecule has 2 heterocycles. The number of anilines is 2. The first-order valence-electron chi connectivity index (χ1n) is 7.81. The maximum Gasteiger partial charge on any atom is 0.266 e. The number of thioether (sulfide) groups is 1. The molecule has 0 aromatic carbocycles. The van der Waals surface area contributed by atoms with E-state index in [2.05, 4.69) is 13.2 Å². The fraction of sp³-hybridized carbons (Fsp3) is 0.278. The number of likely N-dealkylation sites (tertiary alicyclic amines) is 1. The molecule has 1 aromatic heterocycles. The number of thiophene rings is 1. The van der Waals surface area contributed by atoms with Crippen molar-refractivity contribution in [1.82, 2.24) is 4.90 Å². The zero-order valence-corrected chi connectivity index (χ0v) is 16.2. The number of hydrogen-bond acceptors (Lipinski definition) is 6. The summed E-state index contributed by atoms with van der Waals surface area (Å²) in [6.45, 7) is 12.6. The van der Waals surface area contributed by atoms with E-state index in [1.807, 2.05) is 19.1 Å². The topological polar surface area (TPSA) is 98.4 Å². The van der Waals surface area contributed by atoms with Gasteiger partial charge in [0.1, 0.15) is 4.88 Å². The second-order valence-electron chi connectivity index (χ2n) is 5.90. The van der Waals surface area contributed by atoms with Crippen LogP contribution in [0.5, 0.6) is 0 Å². The first kappa shape index (κ1) is 19.2. The van der Waals surface area contributed by atoms with Gasteiger partial charge in [0.05, 0.1) is 10.7 Å². The summed E-state index contributed by atoms with van der Waals surface area (Å²) in [5, 5.41) is 0.870. The predicted molar refractivity (Wildman–Crippen MR) is 111 cm³/mol. The number of nitrogens with two attached hydrogens (primary N) is 3. The summed E-state index contributed by atoms with van der Waals surface area (Å²) in [5.41, 5.74) is 20.6. The van der Waals surface area contributed by atoms with Gasteiger partial charge >= 0.3 is 0 Å². The minimum atomic E-state index is -0.0768. The number of allylic oxidation sites excluding steroid dienone is 5. The summed E-state index contributed by atoms with van der Waals surface area (Å²) in [4.78, 5) is 15.9. The Morgan fingerprint density at radius 2 is 2.00 bits per heavy atom. The summed E-state index contributed by atoms with van der Waals surface area (Å²) in [6, 6.07) is 0. The number of carbonyl (C=O) groups excluding carboxylic acids is 1. The van der Waals surface area contributed by atoms with E-state index >= 15 is 0 Å². The Kier molecular flexibility index (Phi) is 6.02. The van der Waals surface area contributed by atoms with E-state index in [0.717, 1.165) is 10.5 Å². The van der Waals surface area contributed by atoms with Gasteiger partial charge < -0.3 is 22.1 Å². The third kappa shape index (κ3) is 4.11.